The Labute approximate surface area is 182 Å². The molecule has 1 fully saturated rings. The number of carbonyl (C=O) groups excluding carboxylic acids is 1. The highest BCUT2D eigenvalue weighted by molar-refractivity contribution is 6.30. The number of halogens is 1. The van der Waals surface area contributed by atoms with Crippen molar-refractivity contribution >= 4 is 17.6 Å². The first-order valence-electron chi connectivity index (χ1n) is 10.6. The summed E-state index contributed by atoms with van der Waals surface area (Å²) in [6, 6.07) is 13.4. The largest absolute Gasteiger partial charge is 0.486 e. The molecule has 1 atom stereocenters. The van der Waals surface area contributed by atoms with Gasteiger partial charge in [-0.2, -0.15) is 0 Å². The highest BCUT2D eigenvalue weighted by atomic mass is 35.5. The third-order valence-corrected chi connectivity index (χ3v) is 5.72. The minimum atomic E-state index is -0.160. The lowest BCUT2D eigenvalue weighted by Crippen LogP contribution is -2.48. The van der Waals surface area contributed by atoms with Gasteiger partial charge in [0.15, 0.2) is 11.5 Å². The SMILES string of the molecule is O=C(NCc1ccc(Cl)cc1)NC(Cc1ccc2c(c1)OCCO2)CN1CCCC1. The van der Waals surface area contributed by atoms with Crippen LogP contribution in [0.5, 0.6) is 11.5 Å². The first kappa shape index (κ1) is 20.8. The molecule has 6 nitrogen and oxygen atoms in total. The van der Waals surface area contributed by atoms with Crippen molar-refractivity contribution in [2.75, 3.05) is 32.8 Å². The zero-order valence-electron chi connectivity index (χ0n) is 17.0. The van der Waals surface area contributed by atoms with Crippen molar-refractivity contribution in [1.29, 1.82) is 0 Å². The quantitative estimate of drug-likeness (QED) is 0.705. The van der Waals surface area contributed by atoms with Gasteiger partial charge in [-0.15, -0.1) is 0 Å². The lowest BCUT2D eigenvalue weighted by Gasteiger charge is -2.25. The Bertz CT molecular complexity index is 853. The molecule has 2 N–H and O–H groups in total. The van der Waals surface area contributed by atoms with Crippen molar-refractivity contribution in [3.05, 3.63) is 58.6 Å². The highest BCUT2D eigenvalue weighted by Gasteiger charge is 2.21. The molecule has 0 spiro atoms. The van der Waals surface area contributed by atoms with Gasteiger partial charge >= 0.3 is 6.03 Å². The van der Waals surface area contributed by atoms with E-state index in [0.717, 1.165) is 48.7 Å². The molecule has 160 valence electrons. The van der Waals surface area contributed by atoms with Crippen LogP contribution < -0.4 is 20.1 Å². The fraction of sp³-hybridized carbons (Fsp3) is 0.435. The average molecular weight is 430 g/mol. The van der Waals surface area contributed by atoms with Crippen LogP contribution in [0.2, 0.25) is 5.02 Å². The molecule has 2 heterocycles. The molecule has 0 radical (unpaired) electrons. The third kappa shape index (κ3) is 5.80. The molecule has 2 aromatic carbocycles. The molecule has 0 saturated carbocycles. The van der Waals surface area contributed by atoms with Crippen LogP contribution >= 0.6 is 11.6 Å². The van der Waals surface area contributed by atoms with E-state index in [1.807, 2.05) is 36.4 Å². The summed E-state index contributed by atoms with van der Waals surface area (Å²) in [6.07, 6.45) is 3.18. The first-order valence-corrected chi connectivity index (χ1v) is 10.9. The van der Waals surface area contributed by atoms with Crippen LogP contribution in [0.4, 0.5) is 4.79 Å². The molecule has 2 aliphatic heterocycles. The minimum Gasteiger partial charge on any atom is -0.486 e. The Morgan fingerprint density at radius 3 is 2.47 bits per heavy atom. The van der Waals surface area contributed by atoms with E-state index in [4.69, 9.17) is 21.1 Å². The van der Waals surface area contributed by atoms with Gasteiger partial charge in [0.2, 0.25) is 0 Å². The second-order valence-corrected chi connectivity index (χ2v) is 8.28. The van der Waals surface area contributed by atoms with E-state index in [-0.39, 0.29) is 12.1 Å². The predicted molar refractivity (Wildman–Crippen MR) is 117 cm³/mol. The predicted octanol–water partition coefficient (Wildman–Crippen LogP) is 3.62. The maximum absolute atomic E-state index is 12.6. The van der Waals surface area contributed by atoms with E-state index in [1.54, 1.807) is 0 Å². The Morgan fingerprint density at radius 1 is 1.00 bits per heavy atom. The molecule has 0 bridgehead atoms. The number of amides is 2. The van der Waals surface area contributed by atoms with E-state index >= 15 is 0 Å². The van der Waals surface area contributed by atoms with Gasteiger partial charge in [-0.25, -0.2) is 4.79 Å². The van der Waals surface area contributed by atoms with Gasteiger partial charge in [0, 0.05) is 24.2 Å². The van der Waals surface area contributed by atoms with Crippen molar-refractivity contribution in [1.82, 2.24) is 15.5 Å². The van der Waals surface area contributed by atoms with Crippen molar-refractivity contribution in [2.24, 2.45) is 0 Å². The number of hydrogen-bond acceptors (Lipinski definition) is 4. The number of ether oxygens (including phenoxy) is 2. The van der Waals surface area contributed by atoms with Crippen LogP contribution in [0.25, 0.3) is 0 Å². The number of rotatable bonds is 7. The Hall–Kier alpha value is -2.44. The first-order chi connectivity index (χ1) is 14.7. The van der Waals surface area contributed by atoms with Crippen LogP contribution in [-0.4, -0.2) is 49.8 Å². The lowest BCUT2D eigenvalue weighted by molar-refractivity contribution is 0.171. The van der Waals surface area contributed by atoms with Crippen LogP contribution in [0.1, 0.15) is 24.0 Å². The zero-order valence-corrected chi connectivity index (χ0v) is 17.8. The van der Waals surface area contributed by atoms with E-state index < -0.39 is 0 Å². The summed E-state index contributed by atoms with van der Waals surface area (Å²) in [7, 11) is 0. The monoisotopic (exact) mass is 429 g/mol. The maximum Gasteiger partial charge on any atom is 0.315 e. The number of nitrogens with one attached hydrogen (secondary N) is 2. The topological polar surface area (TPSA) is 62.8 Å². The normalized spacial score (nSPS) is 16.8. The van der Waals surface area contributed by atoms with Crippen molar-refractivity contribution in [3.8, 4) is 11.5 Å². The summed E-state index contributed by atoms with van der Waals surface area (Å²) in [5.41, 5.74) is 2.14. The third-order valence-electron chi connectivity index (χ3n) is 5.47. The summed E-state index contributed by atoms with van der Waals surface area (Å²) in [4.78, 5) is 15.0. The van der Waals surface area contributed by atoms with Gasteiger partial charge in [0.1, 0.15) is 13.2 Å². The Kier molecular flexibility index (Phi) is 6.97. The number of nitrogens with zero attached hydrogens (tertiary/aromatic N) is 1. The maximum atomic E-state index is 12.6. The van der Waals surface area contributed by atoms with Gasteiger partial charge in [-0.05, 0) is 67.7 Å². The van der Waals surface area contributed by atoms with Crippen LogP contribution in [-0.2, 0) is 13.0 Å². The molecular formula is C23H28ClN3O3. The highest BCUT2D eigenvalue weighted by Crippen LogP contribution is 2.31. The van der Waals surface area contributed by atoms with E-state index in [2.05, 4.69) is 21.6 Å². The van der Waals surface area contributed by atoms with Crippen LogP contribution in [0.15, 0.2) is 42.5 Å². The van der Waals surface area contributed by atoms with E-state index in [1.165, 1.54) is 12.8 Å². The standard InChI is InChI=1S/C23H28ClN3O3/c24-19-6-3-17(4-7-19)15-25-23(28)26-20(16-27-9-1-2-10-27)13-18-5-8-21-22(14-18)30-12-11-29-21/h3-8,14,20H,1-2,9-13,15-16H2,(H2,25,26,28). The second-order valence-electron chi connectivity index (χ2n) is 7.84. The smallest absolute Gasteiger partial charge is 0.315 e. The van der Waals surface area contributed by atoms with Crippen molar-refractivity contribution in [2.45, 2.75) is 31.8 Å². The fourth-order valence-corrected chi connectivity index (χ4v) is 4.08. The Balaban J connectivity index is 1.37. The molecular weight excluding hydrogens is 402 g/mol. The molecule has 1 saturated heterocycles. The lowest BCUT2D eigenvalue weighted by atomic mass is 10.0. The number of benzene rings is 2. The van der Waals surface area contributed by atoms with E-state index in [9.17, 15) is 4.79 Å². The van der Waals surface area contributed by atoms with Gasteiger partial charge in [-0.1, -0.05) is 29.8 Å². The molecule has 7 heteroatoms. The summed E-state index contributed by atoms with van der Waals surface area (Å²) < 4.78 is 11.3. The molecule has 0 aliphatic carbocycles. The summed E-state index contributed by atoms with van der Waals surface area (Å²) in [5.74, 6) is 1.57. The van der Waals surface area contributed by atoms with Crippen LogP contribution in [0, 0.1) is 0 Å². The molecule has 0 aromatic heterocycles. The number of carbonyl (C=O) groups is 1. The second kappa shape index (κ2) is 10.0. The molecule has 30 heavy (non-hydrogen) atoms. The molecule has 1 unspecified atom stereocenters. The van der Waals surface area contributed by atoms with E-state index in [0.29, 0.717) is 24.8 Å². The minimum absolute atomic E-state index is 0.0101. The number of hydrogen-bond donors (Lipinski definition) is 2. The van der Waals surface area contributed by atoms with Gasteiger partial charge in [-0.3, -0.25) is 0 Å². The summed E-state index contributed by atoms with van der Waals surface area (Å²) in [6.45, 7) is 4.63. The van der Waals surface area contributed by atoms with Crippen molar-refractivity contribution < 1.29 is 14.3 Å². The number of urea groups is 1. The van der Waals surface area contributed by atoms with Gasteiger partial charge in [0.05, 0.1) is 0 Å². The van der Waals surface area contributed by atoms with Crippen molar-refractivity contribution in [3.63, 3.8) is 0 Å². The molecule has 2 amide bonds. The van der Waals surface area contributed by atoms with Gasteiger partial charge in [0.25, 0.3) is 0 Å². The molecule has 2 aromatic rings. The summed E-state index contributed by atoms with van der Waals surface area (Å²) >= 11 is 5.92. The molecule has 4 rings (SSSR count). The van der Waals surface area contributed by atoms with Crippen LogP contribution in [0.3, 0.4) is 0 Å². The number of fused-ring (bicyclic) bond motifs is 1. The summed E-state index contributed by atoms with van der Waals surface area (Å²) in [5, 5.41) is 6.81. The number of likely N-dealkylation sites (tertiary alicyclic amines) is 1. The Morgan fingerprint density at radius 2 is 1.70 bits per heavy atom. The average Bonchev–Trinajstić information content (AvgIpc) is 3.26. The zero-order chi connectivity index (χ0) is 20.8. The van der Waals surface area contributed by atoms with Gasteiger partial charge < -0.3 is 25.0 Å². The molecule has 2 aliphatic rings. The fourth-order valence-electron chi connectivity index (χ4n) is 3.96.